The lowest BCUT2D eigenvalue weighted by Gasteiger charge is -2.03. The van der Waals surface area contributed by atoms with Gasteiger partial charge >= 0.3 is 0 Å². The van der Waals surface area contributed by atoms with Crippen LogP contribution in [0.3, 0.4) is 0 Å². The van der Waals surface area contributed by atoms with Gasteiger partial charge in [0.25, 0.3) is 0 Å². The average molecular weight is 260 g/mol. The highest BCUT2D eigenvalue weighted by molar-refractivity contribution is 7.99. The van der Waals surface area contributed by atoms with E-state index in [0.29, 0.717) is 0 Å². The summed E-state index contributed by atoms with van der Waals surface area (Å²) in [5.74, 6) is 1.24. The third kappa shape index (κ3) is 7.39. The highest BCUT2D eigenvalue weighted by Gasteiger charge is 1.94. The topological polar surface area (TPSA) is 0 Å². The highest BCUT2D eigenvalue weighted by atomic mass is 32.2. The zero-order chi connectivity index (χ0) is 13.1. The third-order valence-corrected chi connectivity index (χ3v) is 4.04. The van der Waals surface area contributed by atoms with E-state index >= 15 is 0 Å². The second kappa shape index (κ2) is 10.0. The highest BCUT2D eigenvalue weighted by Crippen LogP contribution is 2.19. The first-order valence-electron chi connectivity index (χ1n) is 6.81. The molecule has 0 unspecified atom stereocenters. The summed E-state index contributed by atoms with van der Waals surface area (Å²) >= 11 is 1.97. The fraction of sp³-hybridized carbons (Fsp3) is 0.412. The molecule has 0 aliphatic carbocycles. The average Bonchev–Trinajstić information content (AvgIpc) is 2.42. The lowest BCUT2D eigenvalue weighted by Crippen LogP contribution is -1.83. The molecule has 0 aliphatic heterocycles. The number of hydrogen-bond acceptors (Lipinski definition) is 1. The summed E-state index contributed by atoms with van der Waals surface area (Å²) in [6.07, 6.45) is 9.58. The monoisotopic (exact) mass is 260 g/mol. The Labute approximate surface area is 116 Å². The molecule has 98 valence electrons. The maximum Gasteiger partial charge on any atom is 0.00719 e. The van der Waals surface area contributed by atoms with E-state index in [9.17, 15) is 0 Å². The van der Waals surface area contributed by atoms with Crippen LogP contribution in [0.25, 0.3) is 0 Å². The predicted octanol–water partition coefficient (Wildman–Crippen LogP) is 5.86. The molecule has 0 N–H and O–H groups in total. The van der Waals surface area contributed by atoms with Crippen molar-refractivity contribution >= 4 is 11.8 Å². The molecule has 0 saturated heterocycles. The van der Waals surface area contributed by atoms with Gasteiger partial charge in [0.05, 0.1) is 0 Å². The van der Waals surface area contributed by atoms with Gasteiger partial charge in [0.1, 0.15) is 0 Å². The van der Waals surface area contributed by atoms with Gasteiger partial charge in [-0.1, -0.05) is 62.3 Å². The summed E-state index contributed by atoms with van der Waals surface area (Å²) in [5.41, 5.74) is 1.18. The number of unbranched alkanes of at least 4 members (excludes halogenated alkanes) is 4. The quantitative estimate of drug-likeness (QED) is 0.288. The lowest BCUT2D eigenvalue weighted by molar-refractivity contribution is 0.636. The summed E-state index contributed by atoms with van der Waals surface area (Å²) in [6.45, 7) is 7.66. The van der Waals surface area contributed by atoms with Crippen molar-refractivity contribution in [2.24, 2.45) is 0 Å². The zero-order valence-electron chi connectivity index (χ0n) is 11.2. The summed E-state index contributed by atoms with van der Waals surface area (Å²) in [6, 6.07) is 10.7. The van der Waals surface area contributed by atoms with Crippen molar-refractivity contribution in [2.45, 2.75) is 43.4 Å². The largest absolute Gasteiger partial charge is 0.126 e. The Morgan fingerprint density at radius 1 is 1.00 bits per heavy atom. The molecule has 0 amide bonds. The summed E-state index contributed by atoms with van der Waals surface area (Å²) in [4.78, 5) is 1.39. The van der Waals surface area contributed by atoms with Crippen molar-refractivity contribution in [3.05, 3.63) is 55.1 Å². The molecule has 0 aromatic heterocycles. The lowest BCUT2D eigenvalue weighted by atomic mass is 10.1. The van der Waals surface area contributed by atoms with E-state index in [1.54, 1.807) is 0 Å². The van der Waals surface area contributed by atoms with E-state index in [2.05, 4.69) is 43.5 Å². The molecular formula is C17H24S. The molecule has 0 aliphatic rings. The van der Waals surface area contributed by atoms with Crippen molar-refractivity contribution in [1.29, 1.82) is 0 Å². The Morgan fingerprint density at radius 2 is 1.67 bits per heavy atom. The fourth-order valence-corrected chi connectivity index (χ4v) is 2.73. The molecule has 0 atom stereocenters. The first kappa shape index (κ1) is 15.1. The standard InChI is InChI=1S/C17H24S/c1-3-16(2)12-8-5-4-6-11-15-18-17-13-9-7-10-14-17/h3,7,9-10,13-14H,1-2,4-6,8,11-12,15H2. The van der Waals surface area contributed by atoms with Gasteiger partial charge in [0.15, 0.2) is 0 Å². The minimum atomic E-state index is 1.11. The van der Waals surface area contributed by atoms with Crippen molar-refractivity contribution < 1.29 is 0 Å². The molecule has 0 saturated carbocycles. The predicted molar refractivity (Wildman–Crippen MR) is 84.2 cm³/mol. The second-order valence-electron chi connectivity index (χ2n) is 4.54. The zero-order valence-corrected chi connectivity index (χ0v) is 12.1. The van der Waals surface area contributed by atoms with Crippen LogP contribution in [0.2, 0.25) is 0 Å². The van der Waals surface area contributed by atoms with Crippen LogP contribution in [-0.4, -0.2) is 5.75 Å². The second-order valence-corrected chi connectivity index (χ2v) is 5.71. The van der Waals surface area contributed by atoms with Gasteiger partial charge in [-0.15, -0.1) is 11.8 Å². The maximum absolute atomic E-state index is 3.93. The van der Waals surface area contributed by atoms with Crippen LogP contribution >= 0.6 is 11.8 Å². The van der Waals surface area contributed by atoms with Crippen LogP contribution in [0.4, 0.5) is 0 Å². The van der Waals surface area contributed by atoms with Crippen LogP contribution in [0, 0.1) is 0 Å². The molecule has 1 heteroatoms. The summed E-state index contributed by atoms with van der Waals surface area (Å²) < 4.78 is 0. The van der Waals surface area contributed by atoms with Gasteiger partial charge in [-0.25, -0.2) is 0 Å². The van der Waals surface area contributed by atoms with Gasteiger partial charge in [0, 0.05) is 4.90 Å². The van der Waals surface area contributed by atoms with Gasteiger partial charge in [0.2, 0.25) is 0 Å². The van der Waals surface area contributed by atoms with Crippen LogP contribution in [0.5, 0.6) is 0 Å². The van der Waals surface area contributed by atoms with E-state index in [4.69, 9.17) is 0 Å². The maximum atomic E-state index is 3.93. The Morgan fingerprint density at radius 3 is 2.39 bits per heavy atom. The SMILES string of the molecule is C=CC(=C)CCCCCCCSc1ccccc1. The molecule has 0 fully saturated rings. The van der Waals surface area contributed by atoms with E-state index in [-0.39, 0.29) is 0 Å². The van der Waals surface area contributed by atoms with Crippen LogP contribution in [-0.2, 0) is 0 Å². The summed E-state index contributed by atoms with van der Waals surface area (Å²) in [5, 5.41) is 0. The number of thioether (sulfide) groups is 1. The van der Waals surface area contributed by atoms with Crippen molar-refractivity contribution in [3.8, 4) is 0 Å². The van der Waals surface area contributed by atoms with E-state index in [1.165, 1.54) is 48.3 Å². The molecule has 0 radical (unpaired) electrons. The number of rotatable bonds is 10. The Hall–Kier alpha value is -0.950. The van der Waals surface area contributed by atoms with Crippen LogP contribution < -0.4 is 0 Å². The van der Waals surface area contributed by atoms with E-state index in [0.717, 1.165) is 6.42 Å². The minimum absolute atomic E-state index is 1.11. The molecule has 0 bridgehead atoms. The van der Waals surface area contributed by atoms with Crippen LogP contribution in [0.1, 0.15) is 38.5 Å². The summed E-state index contributed by atoms with van der Waals surface area (Å²) in [7, 11) is 0. The number of benzene rings is 1. The van der Waals surface area contributed by atoms with Crippen molar-refractivity contribution in [3.63, 3.8) is 0 Å². The molecular weight excluding hydrogens is 236 g/mol. The molecule has 1 aromatic carbocycles. The number of hydrogen-bond donors (Lipinski definition) is 0. The number of allylic oxidation sites excluding steroid dienone is 2. The Kier molecular flexibility index (Phi) is 8.41. The van der Waals surface area contributed by atoms with Gasteiger partial charge < -0.3 is 0 Å². The van der Waals surface area contributed by atoms with Crippen molar-refractivity contribution in [2.75, 3.05) is 5.75 Å². The van der Waals surface area contributed by atoms with E-state index in [1.807, 2.05) is 17.8 Å². The smallest absolute Gasteiger partial charge is 0.00719 e. The van der Waals surface area contributed by atoms with Gasteiger partial charge in [-0.05, 0) is 37.1 Å². The van der Waals surface area contributed by atoms with Crippen molar-refractivity contribution in [1.82, 2.24) is 0 Å². The third-order valence-electron chi connectivity index (χ3n) is 2.94. The molecule has 1 aromatic rings. The minimum Gasteiger partial charge on any atom is -0.126 e. The van der Waals surface area contributed by atoms with E-state index < -0.39 is 0 Å². The first-order chi connectivity index (χ1) is 8.83. The fourth-order valence-electron chi connectivity index (χ4n) is 1.79. The van der Waals surface area contributed by atoms with Gasteiger partial charge in [-0.3, -0.25) is 0 Å². The Bertz CT molecular complexity index is 340. The normalized spacial score (nSPS) is 10.2. The molecule has 0 nitrogen and oxygen atoms in total. The molecule has 0 heterocycles. The molecule has 1 rings (SSSR count). The van der Waals surface area contributed by atoms with Gasteiger partial charge in [-0.2, -0.15) is 0 Å². The van der Waals surface area contributed by atoms with Crippen LogP contribution in [0.15, 0.2) is 60.0 Å². The first-order valence-corrected chi connectivity index (χ1v) is 7.79. The Balaban J connectivity index is 1.90. The molecule has 18 heavy (non-hydrogen) atoms. The molecule has 0 spiro atoms.